The number of Topliss-reactive ketones (excluding diaryl/α,β-unsaturated/α-hetero) is 3. The fourth-order valence-corrected chi connectivity index (χ4v) is 4.69. The third kappa shape index (κ3) is 25.1. The molecule has 0 aliphatic heterocycles. The van der Waals surface area contributed by atoms with Crippen LogP contribution in [-0.4, -0.2) is 95.8 Å². The van der Waals surface area contributed by atoms with Crippen molar-refractivity contribution in [3.63, 3.8) is 0 Å². The molecule has 0 saturated heterocycles. The van der Waals surface area contributed by atoms with E-state index in [1.54, 1.807) is 0 Å². The van der Waals surface area contributed by atoms with E-state index in [1.165, 1.54) is 83.5 Å². The Morgan fingerprint density at radius 1 is 0.468 bits per heavy atom. The molecule has 0 aliphatic rings. The molecule has 0 aromatic heterocycles. The molecule has 1 atom stereocenters. The van der Waals surface area contributed by atoms with Gasteiger partial charge in [-0.2, -0.15) is 26.3 Å². The van der Waals surface area contributed by atoms with Gasteiger partial charge < -0.3 is 23.7 Å². The summed E-state index contributed by atoms with van der Waals surface area (Å²) in [5.41, 5.74) is 0. The highest BCUT2D eigenvalue weighted by Crippen LogP contribution is 2.32. The fraction of sp³-hybridized carbons (Fsp3) is 0.909. The first-order valence-corrected chi connectivity index (χ1v) is 17.0. The number of rotatable bonds is 33. The molecular formula is C33H56F6O8. The van der Waals surface area contributed by atoms with Gasteiger partial charge in [0.15, 0.2) is 5.78 Å². The summed E-state index contributed by atoms with van der Waals surface area (Å²) in [6.45, 7) is 4.57. The largest absolute Gasteiger partial charge is 0.450 e. The molecule has 278 valence electrons. The Balaban J connectivity index is 3.60. The van der Waals surface area contributed by atoms with Gasteiger partial charge in [-0.15, -0.1) is 0 Å². The maximum absolute atomic E-state index is 12.7. The summed E-state index contributed by atoms with van der Waals surface area (Å²) in [6.07, 6.45) is 6.95. The highest BCUT2D eigenvalue weighted by Gasteiger charge is 2.56. The van der Waals surface area contributed by atoms with Gasteiger partial charge in [0.2, 0.25) is 11.6 Å². The topological polar surface area (TPSA) is 97.4 Å². The summed E-state index contributed by atoms with van der Waals surface area (Å²) in [4.78, 5) is 34.9. The van der Waals surface area contributed by atoms with Crippen LogP contribution in [0.2, 0.25) is 0 Å². The maximum Gasteiger partial charge on any atom is 0.450 e. The molecule has 0 radical (unpaired) electrons. The van der Waals surface area contributed by atoms with Gasteiger partial charge in [-0.05, 0) is 6.42 Å². The van der Waals surface area contributed by atoms with Gasteiger partial charge in [0.1, 0.15) is 12.5 Å². The van der Waals surface area contributed by atoms with Crippen LogP contribution >= 0.6 is 0 Å². The van der Waals surface area contributed by atoms with Crippen molar-refractivity contribution in [2.24, 2.45) is 11.8 Å². The summed E-state index contributed by atoms with van der Waals surface area (Å²) in [5, 5.41) is 0. The van der Waals surface area contributed by atoms with Crippen molar-refractivity contribution >= 4 is 17.3 Å². The predicted octanol–water partition coefficient (Wildman–Crippen LogP) is 7.63. The Morgan fingerprint density at radius 3 is 1.11 bits per heavy atom. The average molecular weight is 695 g/mol. The molecule has 0 aromatic carbocycles. The standard InChI is InChI=1S/C33H56F6O8/c1-3-4-5-6-7-8-9-10-11-12-13-14-15-16-17-43-18-19-44-20-21-45-22-23-46-24-25-47-26-28(40)27(2)29(30(41)32(34,35)36)31(42)33(37,38)39/h27,29H,3-26H2,1-2H3. The molecule has 1 unspecified atom stereocenters. The minimum atomic E-state index is -5.72. The zero-order chi connectivity index (χ0) is 35.4. The summed E-state index contributed by atoms with van der Waals surface area (Å²) >= 11 is 0. The first-order valence-electron chi connectivity index (χ1n) is 17.0. The Bertz CT molecular complexity index is 781. The van der Waals surface area contributed by atoms with E-state index >= 15 is 0 Å². The predicted molar refractivity (Wildman–Crippen MR) is 164 cm³/mol. The number of halogens is 6. The summed E-state index contributed by atoms with van der Waals surface area (Å²) in [6, 6.07) is 0. The number of ether oxygens (including phenoxy) is 5. The van der Waals surface area contributed by atoms with Gasteiger partial charge in [0.25, 0.3) is 0 Å². The smallest absolute Gasteiger partial charge is 0.379 e. The van der Waals surface area contributed by atoms with E-state index in [4.69, 9.17) is 23.7 Å². The van der Waals surface area contributed by atoms with E-state index in [0.29, 0.717) is 33.4 Å². The van der Waals surface area contributed by atoms with Gasteiger partial charge in [-0.25, -0.2) is 0 Å². The number of hydrogen-bond donors (Lipinski definition) is 0. The number of ketones is 3. The lowest BCUT2D eigenvalue weighted by molar-refractivity contribution is -0.192. The second kappa shape index (κ2) is 28.3. The normalized spacial score (nSPS) is 13.0. The van der Waals surface area contributed by atoms with Crippen molar-refractivity contribution in [1.82, 2.24) is 0 Å². The Kier molecular flexibility index (Phi) is 27.3. The van der Waals surface area contributed by atoms with Gasteiger partial charge in [0.05, 0.1) is 52.9 Å². The van der Waals surface area contributed by atoms with E-state index in [2.05, 4.69) is 6.92 Å². The fourth-order valence-electron chi connectivity index (χ4n) is 4.69. The second-order valence-electron chi connectivity index (χ2n) is 11.6. The zero-order valence-corrected chi connectivity index (χ0v) is 28.2. The molecule has 14 heteroatoms. The quantitative estimate of drug-likeness (QED) is 0.0393. The summed E-state index contributed by atoms with van der Waals surface area (Å²) in [7, 11) is 0. The molecular weight excluding hydrogens is 638 g/mol. The molecule has 0 aromatic rings. The van der Waals surface area contributed by atoms with Crippen molar-refractivity contribution in [2.75, 3.05) is 66.1 Å². The van der Waals surface area contributed by atoms with Gasteiger partial charge >= 0.3 is 12.4 Å². The van der Waals surface area contributed by atoms with Crippen molar-refractivity contribution < 1.29 is 64.4 Å². The van der Waals surface area contributed by atoms with Gasteiger partial charge in [-0.1, -0.05) is 97.3 Å². The Labute approximate surface area is 275 Å². The van der Waals surface area contributed by atoms with Crippen LogP contribution in [0.3, 0.4) is 0 Å². The third-order valence-corrected chi connectivity index (χ3v) is 7.51. The SMILES string of the molecule is CCCCCCCCCCCCCCCCOCCOCCOCCOCCOCC(=O)C(C)C(C(=O)C(F)(F)F)C(=O)C(F)(F)F. The minimum absolute atomic E-state index is 0.0371. The lowest BCUT2D eigenvalue weighted by Crippen LogP contribution is -2.47. The van der Waals surface area contributed by atoms with Crippen LogP contribution in [0.25, 0.3) is 0 Å². The van der Waals surface area contributed by atoms with E-state index in [-0.39, 0.29) is 26.4 Å². The highest BCUT2D eigenvalue weighted by atomic mass is 19.4. The molecule has 0 bridgehead atoms. The second-order valence-corrected chi connectivity index (χ2v) is 11.6. The van der Waals surface area contributed by atoms with Crippen LogP contribution in [-0.2, 0) is 38.1 Å². The average Bonchev–Trinajstić information content (AvgIpc) is 3.01. The first kappa shape index (κ1) is 45.4. The van der Waals surface area contributed by atoms with Crippen LogP contribution in [0.5, 0.6) is 0 Å². The Morgan fingerprint density at radius 2 is 0.766 bits per heavy atom. The Hall–Kier alpha value is -1.61. The lowest BCUT2D eigenvalue weighted by Gasteiger charge is -2.22. The molecule has 0 heterocycles. The van der Waals surface area contributed by atoms with Crippen molar-refractivity contribution in [2.45, 2.75) is 116 Å². The third-order valence-electron chi connectivity index (χ3n) is 7.51. The molecule has 0 rings (SSSR count). The van der Waals surface area contributed by atoms with Crippen LogP contribution < -0.4 is 0 Å². The number of carbonyl (C=O) groups excluding carboxylic acids is 3. The highest BCUT2D eigenvalue weighted by molar-refractivity contribution is 6.10. The zero-order valence-electron chi connectivity index (χ0n) is 28.2. The van der Waals surface area contributed by atoms with Crippen LogP contribution in [0, 0.1) is 11.8 Å². The molecule has 0 aliphatic carbocycles. The molecule has 0 saturated carbocycles. The molecule has 0 spiro atoms. The number of carbonyl (C=O) groups is 3. The van der Waals surface area contributed by atoms with E-state index in [0.717, 1.165) is 13.0 Å². The number of hydrogen-bond acceptors (Lipinski definition) is 8. The van der Waals surface area contributed by atoms with E-state index in [9.17, 15) is 40.7 Å². The van der Waals surface area contributed by atoms with Crippen LogP contribution in [0.15, 0.2) is 0 Å². The summed E-state index contributed by atoms with van der Waals surface area (Å²) in [5.74, 6) is -12.5. The summed E-state index contributed by atoms with van der Waals surface area (Å²) < 4.78 is 103. The molecule has 47 heavy (non-hydrogen) atoms. The van der Waals surface area contributed by atoms with Gasteiger partial charge in [-0.3, -0.25) is 14.4 Å². The van der Waals surface area contributed by atoms with Crippen molar-refractivity contribution in [1.29, 1.82) is 0 Å². The van der Waals surface area contributed by atoms with Gasteiger partial charge in [0, 0.05) is 12.5 Å². The monoisotopic (exact) mass is 694 g/mol. The number of alkyl halides is 6. The molecule has 0 fully saturated rings. The minimum Gasteiger partial charge on any atom is -0.379 e. The van der Waals surface area contributed by atoms with E-state index < -0.39 is 48.1 Å². The van der Waals surface area contributed by atoms with Crippen molar-refractivity contribution in [3.05, 3.63) is 0 Å². The maximum atomic E-state index is 12.7. The van der Waals surface area contributed by atoms with E-state index in [1.807, 2.05) is 0 Å². The molecule has 8 nitrogen and oxygen atoms in total. The first-order chi connectivity index (χ1) is 22.3. The molecule has 0 N–H and O–H groups in total. The van der Waals surface area contributed by atoms with Crippen LogP contribution in [0.1, 0.15) is 104 Å². The molecule has 0 amide bonds. The van der Waals surface area contributed by atoms with Crippen molar-refractivity contribution in [3.8, 4) is 0 Å². The lowest BCUT2D eigenvalue weighted by atomic mass is 9.83. The van der Waals surface area contributed by atoms with Crippen LogP contribution in [0.4, 0.5) is 26.3 Å². The number of unbranched alkanes of at least 4 members (excludes halogenated alkanes) is 13.